The fourth-order valence-corrected chi connectivity index (χ4v) is 1.51. The average Bonchev–Trinajstić information content (AvgIpc) is 2.05. The van der Waals surface area contributed by atoms with Crippen LogP contribution in [0, 0.1) is 5.41 Å². The first-order valence-electron chi connectivity index (χ1n) is 4.20. The molecule has 1 aliphatic rings. The van der Waals surface area contributed by atoms with Crippen LogP contribution in [0.1, 0.15) is 25.7 Å². The maximum atomic E-state index is 4.22. The zero-order chi connectivity index (χ0) is 8.60. The third-order valence-corrected chi connectivity index (χ3v) is 2.39. The minimum atomic E-state index is 0.307. The molecule has 3 heteroatoms. The van der Waals surface area contributed by atoms with Gasteiger partial charge in [-0.05, 0) is 11.5 Å². The van der Waals surface area contributed by atoms with E-state index in [4.69, 9.17) is 0 Å². The molecule has 1 unspecified atom stereocenters. The lowest BCUT2D eigenvalue weighted by molar-refractivity contribution is 0.120. The summed E-state index contributed by atoms with van der Waals surface area (Å²) in [5.74, 6) is 0.911. The first kappa shape index (κ1) is 7.68. The summed E-state index contributed by atoms with van der Waals surface area (Å²) < 4.78 is 0. The van der Waals surface area contributed by atoms with Gasteiger partial charge < -0.3 is 5.32 Å². The van der Waals surface area contributed by atoms with E-state index in [1.54, 1.807) is 12.4 Å². The number of nitrogens with one attached hydrogen (secondary N) is 1. The number of hydrogen-bond acceptors (Lipinski definition) is 3. The molecule has 0 bridgehead atoms. The molecule has 1 aliphatic heterocycles. The van der Waals surface area contributed by atoms with Gasteiger partial charge in [-0.2, -0.15) is 0 Å². The van der Waals surface area contributed by atoms with Crippen molar-refractivity contribution >= 4 is 0 Å². The summed E-state index contributed by atoms with van der Waals surface area (Å²) in [5.41, 5.74) is 0.307. The number of hydrogen-bond donors (Lipinski definition) is 1. The average molecular weight is 163 g/mol. The van der Waals surface area contributed by atoms with E-state index in [2.05, 4.69) is 29.1 Å². The zero-order valence-corrected chi connectivity index (χ0v) is 7.41. The lowest BCUT2D eigenvalue weighted by Gasteiger charge is -2.44. The highest BCUT2D eigenvalue weighted by molar-refractivity contribution is 5.08. The van der Waals surface area contributed by atoms with Crippen molar-refractivity contribution in [3.63, 3.8) is 0 Å². The highest BCUT2D eigenvalue weighted by Crippen LogP contribution is 2.38. The van der Waals surface area contributed by atoms with Crippen molar-refractivity contribution < 1.29 is 0 Å². The second-order valence-electron chi connectivity index (χ2n) is 3.91. The van der Waals surface area contributed by atoms with Crippen LogP contribution in [-0.2, 0) is 0 Å². The molecule has 1 aromatic heterocycles. The van der Waals surface area contributed by atoms with Crippen molar-refractivity contribution in [1.82, 2.24) is 15.3 Å². The largest absolute Gasteiger partial charge is 0.306 e. The molecule has 2 heterocycles. The summed E-state index contributed by atoms with van der Waals surface area (Å²) in [6.07, 6.45) is 3.58. The Morgan fingerprint density at radius 2 is 2.08 bits per heavy atom. The third-order valence-electron chi connectivity index (χ3n) is 2.39. The van der Waals surface area contributed by atoms with Crippen LogP contribution in [0.5, 0.6) is 0 Å². The second-order valence-corrected chi connectivity index (χ2v) is 3.91. The van der Waals surface area contributed by atoms with Crippen LogP contribution in [0.4, 0.5) is 0 Å². The molecule has 0 aliphatic carbocycles. The van der Waals surface area contributed by atoms with E-state index in [1.165, 1.54) is 0 Å². The monoisotopic (exact) mass is 163 g/mol. The van der Waals surface area contributed by atoms with Gasteiger partial charge in [0.25, 0.3) is 0 Å². The third kappa shape index (κ3) is 1.10. The van der Waals surface area contributed by atoms with Crippen molar-refractivity contribution in [3.05, 3.63) is 24.3 Å². The Hall–Kier alpha value is -0.960. The molecular formula is C9H13N3. The van der Waals surface area contributed by atoms with E-state index >= 15 is 0 Å². The maximum absolute atomic E-state index is 4.22. The molecule has 2 rings (SSSR count). The van der Waals surface area contributed by atoms with Crippen LogP contribution < -0.4 is 5.32 Å². The van der Waals surface area contributed by atoms with Crippen LogP contribution in [-0.4, -0.2) is 16.5 Å². The normalized spacial score (nSPS) is 26.3. The molecule has 0 saturated carbocycles. The van der Waals surface area contributed by atoms with Crippen molar-refractivity contribution in [2.24, 2.45) is 5.41 Å². The fourth-order valence-electron chi connectivity index (χ4n) is 1.51. The van der Waals surface area contributed by atoms with Gasteiger partial charge >= 0.3 is 0 Å². The Balaban J connectivity index is 2.22. The quantitative estimate of drug-likeness (QED) is 0.674. The molecule has 0 radical (unpaired) electrons. The molecule has 12 heavy (non-hydrogen) atoms. The SMILES string of the molecule is CC1(C)CNC1c1ncccn1. The van der Waals surface area contributed by atoms with Gasteiger partial charge in [0.05, 0.1) is 6.04 Å². The van der Waals surface area contributed by atoms with Crippen molar-refractivity contribution in [2.45, 2.75) is 19.9 Å². The minimum Gasteiger partial charge on any atom is -0.306 e. The molecule has 0 amide bonds. The van der Waals surface area contributed by atoms with Crippen LogP contribution in [0.25, 0.3) is 0 Å². The maximum Gasteiger partial charge on any atom is 0.145 e. The predicted molar refractivity (Wildman–Crippen MR) is 46.6 cm³/mol. The molecule has 1 atom stereocenters. The van der Waals surface area contributed by atoms with Crippen LogP contribution in [0.3, 0.4) is 0 Å². The van der Waals surface area contributed by atoms with Gasteiger partial charge in [-0.25, -0.2) is 9.97 Å². The van der Waals surface area contributed by atoms with Gasteiger partial charge in [0, 0.05) is 18.9 Å². The summed E-state index contributed by atoms with van der Waals surface area (Å²) >= 11 is 0. The molecular weight excluding hydrogens is 150 g/mol. The smallest absolute Gasteiger partial charge is 0.145 e. The molecule has 1 aromatic rings. The Labute approximate surface area is 72.2 Å². The zero-order valence-electron chi connectivity index (χ0n) is 7.41. The molecule has 64 valence electrons. The van der Waals surface area contributed by atoms with Gasteiger partial charge in [0.15, 0.2) is 0 Å². The van der Waals surface area contributed by atoms with Crippen molar-refractivity contribution in [3.8, 4) is 0 Å². The van der Waals surface area contributed by atoms with Gasteiger partial charge in [0.2, 0.25) is 0 Å². The lowest BCUT2D eigenvalue weighted by atomic mass is 9.77. The van der Waals surface area contributed by atoms with E-state index in [1.807, 2.05) is 6.07 Å². The fraction of sp³-hybridized carbons (Fsp3) is 0.556. The summed E-state index contributed by atoms with van der Waals surface area (Å²) in [6, 6.07) is 2.17. The first-order chi connectivity index (χ1) is 5.70. The Morgan fingerprint density at radius 1 is 1.42 bits per heavy atom. The van der Waals surface area contributed by atoms with Crippen LogP contribution in [0.2, 0.25) is 0 Å². The molecule has 1 saturated heterocycles. The van der Waals surface area contributed by atoms with Gasteiger partial charge in [-0.3, -0.25) is 0 Å². The highest BCUT2D eigenvalue weighted by Gasteiger charge is 2.40. The molecule has 0 spiro atoms. The summed E-state index contributed by atoms with van der Waals surface area (Å²) in [7, 11) is 0. The standard InChI is InChI=1S/C9H13N3/c1-9(2)6-12-7(9)8-10-4-3-5-11-8/h3-5,7,12H,6H2,1-2H3. The first-order valence-corrected chi connectivity index (χ1v) is 4.20. The van der Waals surface area contributed by atoms with Gasteiger partial charge in [0.1, 0.15) is 5.82 Å². The second kappa shape index (κ2) is 2.52. The van der Waals surface area contributed by atoms with E-state index in [-0.39, 0.29) is 0 Å². The van der Waals surface area contributed by atoms with Gasteiger partial charge in [-0.1, -0.05) is 13.8 Å². The van der Waals surface area contributed by atoms with E-state index in [0.717, 1.165) is 12.4 Å². The molecule has 1 fully saturated rings. The Kier molecular flexibility index (Phi) is 1.61. The van der Waals surface area contributed by atoms with Crippen molar-refractivity contribution in [2.75, 3.05) is 6.54 Å². The predicted octanol–water partition coefficient (Wildman–Crippen LogP) is 1.15. The van der Waals surface area contributed by atoms with Crippen molar-refractivity contribution in [1.29, 1.82) is 0 Å². The topological polar surface area (TPSA) is 37.8 Å². The summed E-state index contributed by atoms with van der Waals surface area (Å²) in [5, 5.41) is 3.33. The Morgan fingerprint density at radius 3 is 2.50 bits per heavy atom. The number of aromatic nitrogens is 2. The molecule has 1 N–H and O–H groups in total. The molecule has 3 nitrogen and oxygen atoms in total. The van der Waals surface area contributed by atoms with E-state index in [0.29, 0.717) is 11.5 Å². The Bertz CT molecular complexity index is 268. The van der Waals surface area contributed by atoms with Crippen LogP contribution in [0.15, 0.2) is 18.5 Å². The minimum absolute atomic E-state index is 0.307. The molecule has 0 aromatic carbocycles. The van der Waals surface area contributed by atoms with Crippen LogP contribution >= 0.6 is 0 Å². The highest BCUT2D eigenvalue weighted by atomic mass is 15.1. The van der Waals surface area contributed by atoms with E-state index < -0.39 is 0 Å². The van der Waals surface area contributed by atoms with E-state index in [9.17, 15) is 0 Å². The number of rotatable bonds is 1. The summed E-state index contributed by atoms with van der Waals surface area (Å²) in [4.78, 5) is 8.45. The lowest BCUT2D eigenvalue weighted by Crippen LogP contribution is -2.53. The van der Waals surface area contributed by atoms with Gasteiger partial charge in [-0.15, -0.1) is 0 Å². The summed E-state index contributed by atoms with van der Waals surface area (Å²) in [6.45, 7) is 5.50. The number of nitrogens with zero attached hydrogens (tertiary/aromatic N) is 2.